The van der Waals surface area contributed by atoms with Crippen LogP contribution in [0.25, 0.3) is 0 Å². The van der Waals surface area contributed by atoms with Crippen molar-refractivity contribution in [1.82, 2.24) is 5.32 Å². The van der Waals surface area contributed by atoms with Gasteiger partial charge in [-0.25, -0.2) is 9.18 Å². The van der Waals surface area contributed by atoms with Gasteiger partial charge >= 0.3 is 11.9 Å². The summed E-state index contributed by atoms with van der Waals surface area (Å²) in [5.41, 5.74) is 0.275. The molecule has 19 heavy (non-hydrogen) atoms. The molecule has 0 fully saturated rings. The Morgan fingerprint density at radius 2 is 1.95 bits per heavy atom. The molecule has 3 N–H and O–H groups in total. The first-order valence-electron chi connectivity index (χ1n) is 5.33. The fourth-order valence-electron chi connectivity index (χ4n) is 1.35. The molecule has 0 aliphatic heterocycles. The fraction of sp³-hybridized carbons (Fsp3) is 0.250. The topological polar surface area (TPSA) is 104 Å². The number of benzene rings is 1. The van der Waals surface area contributed by atoms with Crippen LogP contribution in [0.3, 0.4) is 0 Å². The number of carbonyl (C=O) groups excluding carboxylic acids is 1. The second-order valence-electron chi connectivity index (χ2n) is 3.93. The number of carboxylic acids is 2. The number of hydrogen-bond donors (Lipinski definition) is 3. The molecule has 1 rings (SSSR count). The molecular formula is C12H12FNO5. The maximum Gasteiger partial charge on any atom is 0.326 e. The lowest BCUT2D eigenvalue weighted by molar-refractivity contribution is -0.145. The molecular weight excluding hydrogens is 257 g/mol. The van der Waals surface area contributed by atoms with Gasteiger partial charge in [0.2, 0.25) is 0 Å². The minimum Gasteiger partial charge on any atom is -0.481 e. The van der Waals surface area contributed by atoms with Crippen molar-refractivity contribution in [2.75, 3.05) is 0 Å². The van der Waals surface area contributed by atoms with E-state index in [4.69, 9.17) is 10.2 Å². The lowest BCUT2D eigenvalue weighted by Crippen LogP contribution is -2.42. The molecule has 102 valence electrons. The van der Waals surface area contributed by atoms with Crippen molar-refractivity contribution in [3.05, 3.63) is 35.1 Å². The van der Waals surface area contributed by atoms with Crippen molar-refractivity contribution in [3.8, 4) is 0 Å². The van der Waals surface area contributed by atoms with Gasteiger partial charge in [-0.1, -0.05) is 6.07 Å². The first-order valence-corrected chi connectivity index (χ1v) is 5.33. The minimum absolute atomic E-state index is 0.0697. The summed E-state index contributed by atoms with van der Waals surface area (Å²) in [6.07, 6.45) is -0.755. The van der Waals surface area contributed by atoms with Gasteiger partial charge in [-0.3, -0.25) is 9.59 Å². The number of amides is 1. The van der Waals surface area contributed by atoms with Crippen molar-refractivity contribution >= 4 is 17.8 Å². The Kier molecular flexibility index (Phi) is 4.57. The van der Waals surface area contributed by atoms with E-state index < -0.39 is 36.1 Å². The summed E-state index contributed by atoms with van der Waals surface area (Å²) in [5, 5.41) is 19.3. The second kappa shape index (κ2) is 5.94. The number of aryl methyl sites for hydroxylation is 1. The Hall–Kier alpha value is -2.44. The Balaban J connectivity index is 2.84. The summed E-state index contributed by atoms with van der Waals surface area (Å²) < 4.78 is 13.3. The molecule has 1 amide bonds. The van der Waals surface area contributed by atoms with Crippen molar-refractivity contribution in [2.45, 2.75) is 19.4 Å². The smallest absolute Gasteiger partial charge is 0.326 e. The Labute approximate surface area is 107 Å². The van der Waals surface area contributed by atoms with Gasteiger partial charge in [0.15, 0.2) is 0 Å². The number of nitrogens with one attached hydrogen (secondary N) is 1. The molecule has 0 bridgehead atoms. The molecule has 1 aromatic rings. The molecule has 0 radical (unpaired) electrons. The van der Waals surface area contributed by atoms with Crippen LogP contribution >= 0.6 is 0 Å². The number of halogens is 1. The highest BCUT2D eigenvalue weighted by molar-refractivity contribution is 5.97. The van der Waals surface area contributed by atoms with E-state index >= 15 is 0 Å². The minimum atomic E-state index is -1.56. The third-order valence-electron chi connectivity index (χ3n) is 2.42. The van der Waals surface area contributed by atoms with Crippen LogP contribution in [0.5, 0.6) is 0 Å². The van der Waals surface area contributed by atoms with Crippen LogP contribution < -0.4 is 5.32 Å². The third kappa shape index (κ3) is 4.06. The number of hydrogen-bond acceptors (Lipinski definition) is 3. The average molecular weight is 269 g/mol. The standard InChI is InChI=1S/C12H12FNO5/c1-6-2-3-7(4-8(6)13)11(17)14-9(12(18)19)5-10(15)16/h2-4,9H,5H2,1H3,(H,14,17)(H,15,16)(H,18,19). The largest absolute Gasteiger partial charge is 0.481 e. The van der Waals surface area contributed by atoms with Crippen LogP contribution in [0.15, 0.2) is 18.2 Å². The molecule has 0 aliphatic carbocycles. The van der Waals surface area contributed by atoms with Crippen molar-refractivity contribution in [2.24, 2.45) is 0 Å². The summed E-state index contributed by atoms with van der Waals surface area (Å²) in [6, 6.07) is 2.10. The highest BCUT2D eigenvalue weighted by Crippen LogP contribution is 2.09. The molecule has 0 aliphatic rings. The van der Waals surface area contributed by atoms with Crippen LogP contribution in [-0.4, -0.2) is 34.1 Å². The monoisotopic (exact) mass is 269 g/mol. The van der Waals surface area contributed by atoms with Crippen LogP contribution in [0.2, 0.25) is 0 Å². The number of aliphatic carboxylic acids is 2. The van der Waals surface area contributed by atoms with Gasteiger partial charge in [0.25, 0.3) is 5.91 Å². The van der Waals surface area contributed by atoms with Crippen LogP contribution in [0.1, 0.15) is 22.3 Å². The zero-order valence-corrected chi connectivity index (χ0v) is 10.0. The molecule has 0 spiro atoms. The quantitative estimate of drug-likeness (QED) is 0.733. The van der Waals surface area contributed by atoms with Gasteiger partial charge in [0.05, 0.1) is 6.42 Å². The van der Waals surface area contributed by atoms with Gasteiger partial charge in [0, 0.05) is 5.56 Å². The predicted octanol–water partition coefficient (Wildman–Crippen LogP) is 0.792. The van der Waals surface area contributed by atoms with E-state index in [9.17, 15) is 18.8 Å². The van der Waals surface area contributed by atoms with Gasteiger partial charge in [-0.05, 0) is 24.6 Å². The van der Waals surface area contributed by atoms with Crippen molar-refractivity contribution in [3.63, 3.8) is 0 Å². The Bertz CT molecular complexity index is 529. The van der Waals surface area contributed by atoms with Crippen LogP contribution in [0, 0.1) is 12.7 Å². The van der Waals surface area contributed by atoms with Crippen molar-refractivity contribution in [1.29, 1.82) is 0 Å². The highest BCUT2D eigenvalue weighted by atomic mass is 19.1. The third-order valence-corrected chi connectivity index (χ3v) is 2.42. The molecule has 0 heterocycles. The van der Waals surface area contributed by atoms with Gasteiger partial charge in [-0.2, -0.15) is 0 Å². The van der Waals surface area contributed by atoms with E-state index in [2.05, 4.69) is 0 Å². The lowest BCUT2D eigenvalue weighted by atomic mass is 10.1. The summed E-state index contributed by atoms with van der Waals surface area (Å²) in [5.74, 6) is -4.27. The van der Waals surface area contributed by atoms with E-state index in [1.807, 2.05) is 5.32 Å². The summed E-state index contributed by atoms with van der Waals surface area (Å²) in [6.45, 7) is 1.52. The van der Waals surface area contributed by atoms with E-state index in [1.54, 1.807) is 0 Å². The molecule has 0 saturated heterocycles. The van der Waals surface area contributed by atoms with Gasteiger partial charge in [0.1, 0.15) is 11.9 Å². The summed E-state index contributed by atoms with van der Waals surface area (Å²) in [4.78, 5) is 32.9. The fourth-order valence-corrected chi connectivity index (χ4v) is 1.35. The zero-order chi connectivity index (χ0) is 14.6. The molecule has 1 unspecified atom stereocenters. The molecule has 1 atom stereocenters. The maximum absolute atomic E-state index is 13.3. The molecule has 1 aromatic carbocycles. The predicted molar refractivity (Wildman–Crippen MR) is 62.3 cm³/mol. The SMILES string of the molecule is Cc1ccc(C(=O)NC(CC(=O)O)C(=O)O)cc1F. The highest BCUT2D eigenvalue weighted by Gasteiger charge is 2.23. The van der Waals surface area contributed by atoms with E-state index in [0.29, 0.717) is 5.56 Å². The Morgan fingerprint density at radius 1 is 1.32 bits per heavy atom. The van der Waals surface area contributed by atoms with Crippen molar-refractivity contribution < 1.29 is 29.0 Å². The molecule has 6 nitrogen and oxygen atoms in total. The zero-order valence-electron chi connectivity index (χ0n) is 10.0. The molecule has 0 saturated carbocycles. The maximum atomic E-state index is 13.3. The van der Waals surface area contributed by atoms with Gasteiger partial charge in [-0.15, -0.1) is 0 Å². The van der Waals surface area contributed by atoms with E-state index in [-0.39, 0.29) is 5.56 Å². The number of rotatable bonds is 5. The second-order valence-corrected chi connectivity index (χ2v) is 3.93. The van der Waals surface area contributed by atoms with Crippen LogP contribution in [0.4, 0.5) is 4.39 Å². The normalized spacial score (nSPS) is 11.7. The first-order chi connectivity index (χ1) is 8.81. The first kappa shape index (κ1) is 14.6. The van der Waals surface area contributed by atoms with E-state index in [0.717, 1.165) is 6.07 Å². The van der Waals surface area contributed by atoms with E-state index in [1.165, 1.54) is 19.1 Å². The number of carbonyl (C=O) groups is 3. The summed E-state index contributed by atoms with van der Waals surface area (Å²) >= 11 is 0. The van der Waals surface area contributed by atoms with Gasteiger partial charge < -0.3 is 15.5 Å². The van der Waals surface area contributed by atoms with Crippen LogP contribution in [-0.2, 0) is 9.59 Å². The number of carboxylic acid groups (broad SMARTS) is 2. The molecule has 7 heteroatoms. The lowest BCUT2D eigenvalue weighted by Gasteiger charge is -2.12. The molecule has 0 aromatic heterocycles. The average Bonchev–Trinajstić information content (AvgIpc) is 2.31. The Morgan fingerprint density at radius 3 is 2.42 bits per heavy atom. The summed E-state index contributed by atoms with van der Waals surface area (Å²) in [7, 11) is 0.